The molecule has 1 unspecified atom stereocenters. The summed E-state index contributed by atoms with van der Waals surface area (Å²) in [7, 11) is 5.40. The van der Waals surface area contributed by atoms with Gasteiger partial charge in [0.1, 0.15) is 23.7 Å². The van der Waals surface area contributed by atoms with Gasteiger partial charge < -0.3 is 43.7 Å². The molecular weight excluding hydrogens is 741 g/mol. The fraction of sp³-hybridized carbons (Fsp3) is 0.674. The Morgan fingerprint density at radius 3 is 2.36 bits per heavy atom. The minimum absolute atomic E-state index is 0.170. The molecule has 0 spiro atoms. The Kier molecular flexibility index (Phi) is 15.2. The molecule has 0 aromatic heterocycles. The van der Waals surface area contributed by atoms with Crippen LogP contribution in [-0.2, 0) is 44.4 Å². The molecule has 3 aliphatic rings. The highest BCUT2D eigenvalue weighted by atomic mass is 16.7. The number of rotatable bonds is 10. The molecule has 58 heavy (non-hydrogen) atoms. The second kappa shape index (κ2) is 19.3. The fourth-order valence-corrected chi connectivity index (χ4v) is 9.48. The average molecular weight is 809 g/mol. The van der Waals surface area contributed by atoms with Crippen LogP contribution in [0.5, 0.6) is 0 Å². The predicted octanol–water partition coefficient (Wildman–Crippen LogP) is 6.64. The van der Waals surface area contributed by atoms with Crippen molar-refractivity contribution in [2.75, 3.05) is 34.4 Å². The van der Waals surface area contributed by atoms with Gasteiger partial charge in [0, 0.05) is 31.5 Å². The molecule has 2 aromatic carbocycles. The number of nitrogens with one attached hydrogen (secondary N) is 1. The molecule has 3 fully saturated rings. The molecule has 3 heterocycles. The number of aliphatic hydroxyl groups excluding tert-OH is 1. The van der Waals surface area contributed by atoms with Gasteiger partial charge in [-0.1, -0.05) is 81.8 Å². The summed E-state index contributed by atoms with van der Waals surface area (Å²) in [5.41, 5.74) is -0.0447. The zero-order chi connectivity index (χ0) is 42.5. The number of methoxy groups -OCH3 is 1. The topological polar surface area (TPSA) is 142 Å². The van der Waals surface area contributed by atoms with Crippen LogP contribution in [0, 0.1) is 23.7 Å². The third-order valence-electron chi connectivity index (χ3n) is 13.1. The first-order chi connectivity index (χ1) is 27.4. The Bertz CT molecular complexity index is 1770. The van der Waals surface area contributed by atoms with Gasteiger partial charge in [0.15, 0.2) is 12.1 Å². The summed E-state index contributed by atoms with van der Waals surface area (Å²) in [5, 5.41) is 17.0. The van der Waals surface area contributed by atoms with Gasteiger partial charge in [-0.15, -0.1) is 0 Å². The molecule has 1 amide bonds. The van der Waals surface area contributed by atoms with Crippen LogP contribution in [0.2, 0.25) is 0 Å². The summed E-state index contributed by atoms with van der Waals surface area (Å²) in [4.78, 5) is 43.5. The van der Waals surface area contributed by atoms with Crippen LogP contribution in [0.3, 0.4) is 0 Å². The number of amides is 1. The van der Waals surface area contributed by atoms with Gasteiger partial charge in [-0.2, -0.15) is 0 Å². The third-order valence-corrected chi connectivity index (χ3v) is 13.1. The van der Waals surface area contributed by atoms with Crippen molar-refractivity contribution in [3.63, 3.8) is 0 Å². The van der Waals surface area contributed by atoms with Gasteiger partial charge in [-0.05, 0) is 95.6 Å². The van der Waals surface area contributed by atoms with Gasteiger partial charge in [0.2, 0.25) is 0 Å². The van der Waals surface area contributed by atoms with E-state index < -0.39 is 65.5 Å². The Morgan fingerprint density at radius 1 is 0.983 bits per heavy atom. The van der Waals surface area contributed by atoms with E-state index in [2.05, 4.69) is 55.6 Å². The molecule has 322 valence electrons. The Labute approximate surface area is 345 Å². The first kappa shape index (κ1) is 45.7. The lowest BCUT2D eigenvalue weighted by molar-refractivity contribution is -0.295. The van der Waals surface area contributed by atoms with Gasteiger partial charge in [0.25, 0.3) is 0 Å². The summed E-state index contributed by atoms with van der Waals surface area (Å²) >= 11 is 0. The summed E-state index contributed by atoms with van der Waals surface area (Å²) in [6.07, 6.45) is -0.0637. The standard InChI is InChI=1S/C46H68N2O10/c1-12-38-45(7)26-36(47-44(52)58-45)29(4)35(20-22-54-21-19-32-17-18-33-15-13-14-16-34(33)24-32)27(2)25-46(8,53-11)41(30(5)39(49)31(6)42(51)56-38)57-43-40(50)37(48(9)10)23-28(3)55-43/h13-18,20,24,27-31,36-38,40-41,43,50H,12,19,21-23,25-26H2,1-11H3,(H,47,52)/b35-20+/t27-,28-,29+,30+,31-,36?,37+,38-,40-,41-,43+,45+,46-/m1/s1. The zero-order valence-electron chi connectivity index (χ0n) is 36.5. The number of Topliss-reactive ketones (excluding diaryl/α,β-unsaturated/α-hetero) is 1. The van der Waals surface area contributed by atoms with Gasteiger partial charge in [0.05, 0.1) is 31.0 Å². The zero-order valence-corrected chi connectivity index (χ0v) is 36.5. The number of hydrogen-bond acceptors (Lipinski definition) is 11. The summed E-state index contributed by atoms with van der Waals surface area (Å²) in [5.74, 6) is -3.52. The minimum atomic E-state index is -1.16. The van der Waals surface area contributed by atoms with E-state index in [0.717, 1.165) is 12.0 Å². The first-order valence-electron chi connectivity index (χ1n) is 21.1. The average Bonchev–Trinajstić information content (AvgIpc) is 3.19. The van der Waals surface area contributed by atoms with Crippen molar-refractivity contribution in [1.29, 1.82) is 0 Å². The molecular formula is C46H68N2O10. The van der Waals surface area contributed by atoms with E-state index in [1.807, 2.05) is 51.9 Å². The van der Waals surface area contributed by atoms with Crippen LogP contribution in [0.4, 0.5) is 4.79 Å². The van der Waals surface area contributed by atoms with Crippen LogP contribution < -0.4 is 5.32 Å². The molecule has 12 nitrogen and oxygen atoms in total. The van der Waals surface area contributed by atoms with Gasteiger partial charge in [-0.25, -0.2) is 4.79 Å². The lowest BCUT2D eigenvalue weighted by atomic mass is 9.73. The van der Waals surface area contributed by atoms with E-state index in [4.69, 9.17) is 28.4 Å². The third kappa shape index (κ3) is 10.3. The maximum Gasteiger partial charge on any atom is 0.408 e. The van der Waals surface area contributed by atoms with Crippen LogP contribution in [0.15, 0.2) is 54.1 Å². The van der Waals surface area contributed by atoms with Crippen molar-refractivity contribution >= 4 is 28.6 Å². The molecule has 2 N–H and O–H groups in total. The Balaban J connectivity index is 1.50. The van der Waals surface area contributed by atoms with Crippen molar-refractivity contribution in [1.82, 2.24) is 10.2 Å². The maximum atomic E-state index is 14.4. The SMILES string of the molecule is CC[C@H]1OC(=O)[C@H](C)C(=O)[C@H](C)[C@@H](O[C@@H]2O[C@H](C)C[C@H](N(C)C)[C@H]2O)[C@](C)(OC)C[C@@H](C)/C(=C\COCCc2ccc3ccccc3c2)[C@H](C)C2C[C@]1(C)OC(=O)N2. The molecule has 12 heteroatoms. The molecule has 0 saturated carbocycles. The number of hydrogen-bond donors (Lipinski definition) is 2. The molecule has 2 aromatic rings. The number of carbonyl (C=O) groups is 3. The van der Waals surface area contributed by atoms with E-state index >= 15 is 0 Å². The van der Waals surface area contributed by atoms with E-state index in [1.54, 1.807) is 21.0 Å². The highest BCUT2D eigenvalue weighted by molar-refractivity contribution is 6.00. The fourth-order valence-electron chi connectivity index (χ4n) is 9.48. The number of nitrogens with zero attached hydrogens (tertiary/aromatic N) is 1. The number of alkyl carbamates (subject to hydrolysis) is 1. The van der Waals surface area contributed by atoms with Crippen molar-refractivity contribution in [3.05, 3.63) is 59.7 Å². The number of cyclic esters (lactones) is 1. The summed E-state index contributed by atoms with van der Waals surface area (Å²) in [6.45, 7) is 15.8. The smallest absolute Gasteiger partial charge is 0.408 e. The van der Waals surface area contributed by atoms with E-state index in [9.17, 15) is 19.5 Å². The van der Waals surface area contributed by atoms with E-state index in [1.165, 1.54) is 23.3 Å². The molecule has 13 atom stereocenters. The van der Waals surface area contributed by atoms with Crippen molar-refractivity contribution in [2.24, 2.45) is 23.7 Å². The lowest BCUT2D eigenvalue weighted by Crippen LogP contribution is -2.59. The largest absolute Gasteiger partial charge is 0.458 e. The highest BCUT2D eigenvalue weighted by Crippen LogP contribution is 2.41. The van der Waals surface area contributed by atoms with Crippen LogP contribution >= 0.6 is 0 Å². The van der Waals surface area contributed by atoms with E-state index in [-0.39, 0.29) is 30.0 Å². The van der Waals surface area contributed by atoms with Gasteiger partial charge in [-0.3, -0.25) is 9.59 Å². The van der Waals surface area contributed by atoms with Crippen LogP contribution in [0.1, 0.15) is 86.6 Å². The highest BCUT2D eigenvalue weighted by Gasteiger charge is 2.52. The summed E-state index contributed by atoms with van der Waals surface area (Å²) < 4.78 is 37.6. The molecule has 0 radical (unpaired) electrons. The number of likely N-dealkylation sites (N-methyl/N-ethyl adjacent to an activating group) is 1. The quantitative estimate of drug-likeness (QED) is 0.116. The number of benzene rings is 2. The second-order valence-electron chi connectivity index (χ2n) is 17.7. The number of carbonyl (C=O) groups excluding carboxylic acids is 3. The van der Waals surface area contributed by atoms with Crippen molar-refractivity contribution < 1.29 is 47.9 Å². The number of aliphatic hydroxyl groups is 1. The molecule has 3 saturated heterocycles. The predicted molar refractivity (Wildman–Crippen MR) is 222 cm³/mol. The monoisotopic (exact) mass is 808 g/mol. The van der Waals surface area contributed by atoms with Crippen molar-refractivity contribution in [3.8, 4) is 0 Å². The number of ketones is 1. The van der Waals surface area contributed by atoms with E-state index in [0.29, 0.717) is 38.9 Å². The number of ether oxygens (including phenoxy) is 6. The maximum absolute atomic E-state index is 14.4. The molecule has 3 aliphatic heterocycles. The van der Waals surface area contributed by atoms with Gasteiger partial charge >= 0.3 is 12.1 Å². The van der Waals surface area contributed by atoms with Crippen LogP contribution in [0.25, 0.3) is 10.8 Å². The number of fused-ring (bicyclic) bond motifs is 3. The van der Waals surface area contributed by atoms with Crippen molar-refractivity contribution in [2.45, 2.75) is 141 Å². The second-order valence-corrected chi connectivity index (χ2v) is 17.7. The number of esters is 1. The summed E-state index contributed by atoms with van der Waals surface area (Å²) in [6, 6.07) is 14.1. The first-order valence-corrected chi connectivity index (χ1v) is 21.1. The minimum Gasteiger partial charge on any atom is -0.458 e. The van der Waals surface area contributed by atoms with Crippen LogP contribution in [-0.4, -0.2) is 116 Å². The Hall–Kier alpha value is -3.39. The molecule has 2 bridgehead atoms. The Morgan fingerprint density at radius 2 is 1.69 bits per heavy atom. The normalized spacial score (nSPS) is 37.5. The molecule has 0 aliphatic carbocycles. The lowest BCUT2D eigenvalue weighted by Gasteiger charge is -2.47. The molecule has 5 rings (SSSR count).